The molecular formula is C15H19N3O4. The van der Waals surface area contributed by atoms with Gasteiger partial charge in [0.15, 0.2) is 6.61 Å². The van der Waals surface area contributed by atoms with Gasteiger partial charge in [0, 0.05) is 18.9 Å². The summed E-state index contributed by atoms with van der Waals surface area (Å²) in [5.74, 6) is 0.00471. The third-order valence-corrected chi connectivity index (χ3v) is 2.78. The van der Waals surface area contributed by atoms with Gasteiger partial charge in [-0.1, -0.05) is 13.8 Å². The van der Waals surface area contributed by atoms with Crippen molar-refractivity contribution < 1.29 is 18.7 Å². The van der Waals surface area contributed by atoms with Gasteiger partial charge in [-0.25, -0.2) is 4.79 Å². The Labute approximate surface area is 128 Å². The molecule has 7 heteroatoms. The fourth-order valence-corrected chi connectivity index (χ4v) is 1.70. The zero-order valence-electron chi connectivity index (χ0n) is 12.6. The van der Waals surface area contributed by atoms with E-state index in [0.29, 0.717) is 24.8 Å². The topological polar surface area (TPSA) is 86.4 Å². The highest BCUT2D eigenvalue weighted by atomic mass is 16.5. The van der Waals surface area contributed by atoms with Crippen LogP contribution < -0.4 is 5.32 Å². The Bertz CT molecular complexity index is 617. The lowest BCUT2D eigenvalue weighted by Crippen LogP contribution is -2.31. The molecule has 0 atom stereocenters. The van der Waals surface area contributed by atoms with E-state index in [9.17, 15) is 9.59 Å². The second-order valence-corrected chi connectivity index (χ2v) is 5.24. The van der Waals surface area contributed by atoms with E-state index in [1.807, 2.05) is 13.8 Å². The van der Waals surface area contributed by atoms with Crippen LogP contribution in [0.5, 0.6) is 0 Å². The van der Waals surface area contributed by atoms with Crippen molar-refractivity contribution in [3.8, 4) is 0 Å². The van der Waals surface area contributed by atoms with Crippen molar-refractivity contribution in [2.45, 2.75) is 20.4 Å². The van der Waals surface area contributed by atoms with Crippen LogP contribution in [-0.2, 0) is 16.1 Å². The maximum atomic E-state index is 11.8. The quantitative estimate of drug-likeness (QED) is 0.782. The number of rotatable bonds is 7. The SMILES string of the molecule is CC(C)CNC(=O)COC(=O)c1ccc(Cn2cccn2)o1. The number of furan rings is 1. The number of hydrogen-bond acceptors (Lipinski definition) is 5. The zero-order valence-corrected chi connectivity index (χ0v) is 12.6. The van der Waals surface area contributed by atoms with E-state index in [1.54, 1.807) is 29.2 Å². The molecule has 0 aromatic carbocycles. The average molecular weight is 305 g/mol. The zero-order chi connectivity index (χ0) is 15.9. The lowest BCUT2D eigenvalue weighted by molar-refractivity contribution is -0.124. The van der Waals surface area contributed by atoms with E-state index in [2.05, 4.69) is 10.4 Å². The van der Waals surface area contributed by atoms with E-state index in [-0.39, 0.29) is 18.3 Å². The van der Waals surface area contributed by atoms with E-state index >= 15 is 0 Å². The minimum atomic E-state index is -0.661. The lowest BCUT2D eigenvalue weighted by Gasteiger charge is -2.07. The molecule has 0 radical (unpaired) electrons. The third kappa shape index (κ3) is 4.76. The molecule has 1 amide bonds. The number of hydrogen-bond donors (Lipinski definition) is 1. The first kappa shape index (κ1) is 15.8. The molecule has 0 aliphatic rings. The van der Waals surface area contributed by atoms with Gasteiger partial charge in [-0.3, -0.25) is 9.48 Å². The highest BCUT2D eigenvalue weighted by Crippen LogP contribution is 2.10. The highest BCUT2D eigenvalue weighted by Gasteiger charge is 2.15. The van der Waals surface area contributed by atoms with Crippen LogP contribution in [0, 0.1) is 5.92 Å². The number of ether oxygens (including phenoxy) is 1. The van der Waals surface area contributed by atoms with Crippen LogP contribution in [0.2, 0.25) is 0 Å². The summed E-state index contributed by atoms with van der Waals surface area (Å²) in [4.78, 5) is 23.3. The molecule has 0 spiro atoms. The van der Waals surface area contributed by atoms with Crippen molar-refractivity contribution in [2.75, 3.05) is 13.2 Å². The predicted octanol–water partition coefficient (Wildman–Crippen LogP) is 1.45. The fourth-order valence-electron chi connectivity index (χ4n) is 1.70. The second-order valence-electron chi connectivity index (χ2n) is 5.24. The number of carbonyl (C=O) groups excluding carboxylic acids is 2. The molecule has 0 fully saturated rings. The van der Waals surface area contributed by atoms with Crippen LogP contribution in [0.15, 0.2) is 35.0 Å². The summed E-state index contributed by atoms with van der Waals surface area (Å²) < 4.78 is 12.0. The molecule has 1 N–H and O–H groups in total. The maximum absolute atomic E-state index is 11.8. The van der Waals surface area contributed by atoms with Gasteiger partial charge in [0.25, 0.3) is 5.91 Å². The van der Waals surface area contributed by atoms with E-state index in [4.69, 9.17) is 9.15 Å². The molecule has 2 heterocycles. The van der Waals surface area contributed by atoms with Crippen molar-refractivity contribution in [2.24, 2.45) is 5.92 Å². The van der Waals surface area contributed by atoms with Gasteiger partial charge in [0.2, 0.25) is 5.76 Å². The minimum Gasteiger partial charge on any atom is -0.452 e. The summed E-state index contributed by atoms with van der Waals surface area (Å²) in [6.07, 6.45) is 3.45. The Balaban J connectivity index is 1.80. The standard InChI is InChI=1S/C15H19N3O4/c1-11(2)8-16-14(19)10-21-15(20)13-5-4-12(22-13)9-18-7-3-6-17-18/h3-7,11H,8-10H2,1-2H3,(H,16,19). The molecule has 0 aliphatic heterocycles. The summed E-state index contributed by atoms with van der Waals surface area (Å²) in [5.41, 5.74) is 0. The number of aromatic nitrogens is 2. The van der Waals surface area contributed by atoms with Crippen molar-refractivity contribution in [1.29, 1.82) is 0 Å². The molecule has 0 unspecified atom stereocenters. The van der Waals surface area contributed by atoms with Crippen LogP contribution in [0.3, 0.4) is 0 Å². The van der Waals surface area contributed by atoms with E-state index < -0.39 is 5.97 Å². The molecule has 7 nitrogen and oxygen atoms in total. The number of nitrogens with zero attached hydrogens (tertiary/aromatic N) is 2. The Morgan fingerprint density at radius 3 is 2.91 bits per heavy atom. The maximum Gasteiger partial charge on any atom is 0.374 e. The Hall–Kier alpha value is -2.57. The molecule has 0 saturated heterocycles. The van der Waals surface area contributed by atoms with Crippen molar-refractivity contribution in [3.63, 3.8) is 0 Å². The monoisotopic (exact) mass is 305 g/mol. The predicted molar refractivity (Wildman–Crippen MR) is 78.2 cm³/mol. The van der Waals surface area contributed by atoms with Gasteiger partial charge in [-0.15, -0.1) is 0 Å². The first-order valence-electron chi connectivity index (χ1n) is 7.04. The third-order valence-electron chi connectivity index (χ3n) is 2.78. The minimum absolute atomic E-state index is 0.0683. The molecule has 0 saturated carbocycles. The Morgan fingerprint density at radius 2 is 2.23 bits per heavy atom. The summed E-state index contributed by atoms with van der Waals surface area (Å²) in [7, 11) is 0. The number of esters is 1. The normalized spacial score (nSPS) is 10.7. The smallest absolute Gasteiger partial charge is 0.374 e. The second kappa shape index (κ2) is 7.44. The molecule has 0 aliphatic carbocycles. The lowest BCUT2D eigenvalue weighted by atomic mass is 10.2. The van der Waals surface area contributed by atoms with Crippen molar-refractivity contribution >= 4 is 11.9 Å². The van der Waals surface area contributed by atoms with Gasteiger partial charge in [-0.2, -0.15) is 5.10 Å². The van der Waals surface area contributed by atoms with Crippen LogP contribution in [0.25, 0.3) is 0 Å². The van der Waals surface area contributed by atoms with Gasteiger partial charge < -0.3 is 14.5 Å². The molecular weight excluding hydrogens is 286 g/mol. The molecule has 22 heavy (non-hydrogen) atoms. The number of carbonyl (C=O) groups is 2. The van der Waals surface area contributed by atoms with Gasteiger partial charge in [0.1, 0.15) is 5.76 Å². The Morgan fingerprint density at radius 1 is 1.41 bits per heavy atom. The molecule has 2 aromatic rings. The largest absolute Gasteiger partial charge is 0.452 e. The van der Waals surface area contributed by atoms with Gasteiger partial charge in [0.05, 0.1) is 6.54 Å². The average Bonchev–Trinajstić information content (AvgIpc) is 3.14. The summed E-state index contributed by atoms with van der Waals surface area (Å²) in [5, 5.41) is 6.71. The Kier molecular flexibility index (Phi) is 5.35. The van der Waals surface area contributed by atoms with Crippen LogP contribution >= 0.6 is 0 Å². The summed E-state index contributed by atoms with van der Waals surface area (Å²) >= 11 is 0. The van der Waals surface area contributed by atoms with E-state index in [0.717, 1.165) is 0 Å². The van der Waals surface area contributed by atoms with Crippen LogP contribution in [0.4, 0.5) is 0 Å². The number of nitrogens with one attached hydrogen (secondary N) is 1. The first-order valence-corrected chi connectivity index (χ1v) is 7.04. The van der Waals surface area contributed by atoms with Crippen molar-refractivity contribution in [3.05, 3.63) is 42.1 Å². The first-order chi connectivity index (χ1) is 10.5. The summed E-state index contributed by atoms with van der Waals surface area (Å²) in [6.45, 7) is 4.62. The molecule has 2 aromatic heterocycles. The molecule has 2 rings (SSSR count). The van der Waals surface area contributed by atoms with Gasteiger partial charge in [-0.05, 0) is 24.1 Å². The number of amides is 1. The van der Waals surface area contributed by atoms with Crippen molar-refractivity contribution in [1.82, 2.24) is 15.1 Å². The van der Waals surface area contributed by atoms with Crippen LogP contribution in [-0.4, -0.2) is 34.8 Å². The van der Waals surface area contributed by atoms with E-state index in [1.165, 1.54) is 6.07 Å². The highest BCUT2D eigenvalue weighted by molar-refractivity contribution is 5.88. The molecule has 0 bridgehead atoms. The summed E-state index contributed by atoms with van der Waals surface area (Å²) in [6, 6.07) is 5.00. The van der Waals surface area contributed by atoms with Gasteiger partial charge >= 0.3 is 5.97 Å². The fraction of sp³-hybridized carbons (Fsp3) is 0.400. The van der Waals surface area contributed by atoms with Crippen LogP contribution in [0.1, 0.15) is 30.2 Å². The molecule has 118 valence electrons.